The number of unbranched alkanes of at least 4 members (excludes halogenated alkanes) is 1. The van der Waals surface area contributed by atoms with Crippen molar-refractivity contribution in [2.75, 3.05) is 0 Å². The van der Waals surface area contributed by atoms with E-state index in [-0.39, 0.29) is 5.92 Å². The highest BCUT2D eigenvalue weighted by atomic mass is 19.4. The molecule has 0 aliphatic heterocycles. The number of halogens is 5. The summed E-state index contributed by atoms with van der Waals surface area (Å²) in [5.41, 5.74) is -1.44. The second-order valence-electron chi connectivity index (χ2n) is 6.57. The molecular weight excluding hydrogens is 323 g/mol. The maximum Gasteiger partial charge on any atom is 0.422 e. The van der Waals surface area contributed by atoms with Crippen LogP contribution in [-0.4, -0.2) is 0 Å². The fraction of sp³-hybridized carbons (Fsp3) is 0.579. The molecule has 0 saturated heterocycles. The van der Waals surface area contributed by atoms with Gasteiger partial charge in [0.2, 0.25) is 0 Å². The summed E-state index contributed by atoms with van der Waals surface area (Å²) in [6.45, 7) is 1.99. The molecule has 5 heteroatoms. The van der Waals surface area contributed by atoms with Crippen LogP contribution in [0, 0.1) is 17.6 Å². The molecule has 1 aromatic rings. The molecule has 0 bridgehead atoms. The number of hydrogen-bond acceptors (Lipinski definition) is 0. The SMILES string of the molecule is C/C=C/CCC[C@H]1CC[C@H](c2cc(F)c(C(F)(F)F)c(F)c2)CC1. The highest BCUT2D eigenvalue weighted by Crippen LogP contribution is 2.40. The van der Waals surface area contributed by atoms with E-state index in [9.17, 15) is 22.0 Å². The van der Waals surface area contributed by atoms with E-state index in [0.717, 1.165) is 57.1 Å². The zero-order valence-corrected chi connectivity index (χ0v) is 13.8. The fourth-order valence-electron chi connectivity index (χ4n) is 3.57. The minimum atomic E-state index is -5.00. The predicted molar refractivity (Wildman–Crippen MR) is 84.7 cm³/mol. The molecule has 0 N–H and O–H groups in total. The van der Waals surface area contributed by atoms with Crippen molar-refractivity contribution >= 4 is 0 Å². The Bertz CT molecular complexity index is 543. The van der Waals surface area contributed by atoms with E-state index in [2.05, 4.69) is 6.08 Å². The number of allylic oxidation sites excluding steroid dienone is 2. The van der Waals surface area contributed by atoms with Crippen molar-refractivity contribution in [3.63, 3.8) is 0 Å². The zero-order valence-electron chi connectivity index (χ0n) is 13.8. The lowest BCUT2D eigenvalue weighted by molar-refractivity contribution is -0.142. The number of benzene rings is 1. The first-order valence-electron chi connectivity index (χ1n) is 8.50. The van der Waals surface area contributed by atoms with E-state index >= 15 is 0 Å². The van der Waals surface area contributed by atoms with E-state index in [1.165, 1.54) is 0 Å². The molecule has 0 nitrogen and oxygen atoms in total. The van der Waals surface area contributed by atoms with Crippen LogP contribution in [0.5, 0.6) is 0 Å². The van der Waals surface area contributed by atoms with Crippen LogP contribution in [0.1, 0.15) is 68.9 Å². The van der Waals surface area contributed by atoms with Gasteiger partial charge in [-0.3, -0.25) is 0 Å². The number of alkyl halides is 3. The van der Waals surface area contributed by atoms with Crippen molar-refractivity contribution in [2.24, 2.45) is 5.92 Å². The van der Waals surface area contributed by atoms with Crippen molar-refractivity contribution in [3.05, 3.63) is 47.0 Å². The van der Waals surface area contributed by atoms with Gasteiger partial charge in [-0.2, -0.15) is 13.2 Å². The Labute approximate surface area is 139 Å². The molecule has 0 atom stereocenters. The number of rotatable bonds is 5. The average Bonchev–Trinajstić information content (AvgIpc) is 2.50. The van der Waals surface area contributed by atoms with Gasteiger partial charge in [0.1, 0.15) is 17.2 Å². The molecule has 0 spiro atoms. The Morgan fingerprint density at radius 2 is 1.62 bits per heavy atom. The Morgan fingerprint density at radius 3 is 2.12 bits per heavy atom. The second-order valence-corrected chi connectivity index (χ2v) is 6.57. The van der Waals surface area contributed by atoms with Crippen molar-refractivity contribution in [2.45, 2.75) is 64.0 Å². The summed E-state index contributed by atoms with van der Waals surface area (Å²) in [5.74, 6) is -2.46. The molecule has 0 radical (unpaired) electrons. The highest BCUT2D eigenvalue weighted by molar-refractivity contribution is 5.30. The van der Waals surface area contributed by atoms with Gasteiger partial charge >= 0.3 is 6.18 Å². The molecule has 0 heterocycles. The molecule has 24 heavy (non-hydrogen) atoms. The van der Waals surface area contributed by atoms with Crippen molar-refractivity contribution < 1.29 is 22.0 Å². The molecule has 1 aliphatic carbocycles. The second kappa shape index (κ2) is 8.13. The molecule has 1 fully saturated rings. The summed E-state index contributed by atoms with van der Waals surface area (Å²) >= 11 is 0. The lowest BCUT2D eigenvalue weighted by Crippen LogP contribution is -2.16. The van der Waals surface area contributed by atoms with Gasteiger partial charge in [0, 0.05) is 0 Å². The van der Waals surface area contributed by atoms with Crippen LogP contribution >= 0.6 is 0 Å². The molecule has 1 aliphatic rings. The summed E-state index contributed by atoms with van der Waals surface area (Å²) < 4.78 is 65.3. The van der Waals surface area contributed by atoms with Crippen LogP contribution in [0.15, 0.2) is 24.3 Å². The predicted octanol–water partition coefficient (Wildman–Crippen LogP) is 7.00. The molecule has 2 rings (SSSR count). The summed E-state index contributed by atoms with van der Waals surface area (Å²) in [5, 5.41) is 0. The van der Waals surface area contributed by atoms with E-state index in [1.807, 2.05) is 13.0 Å². The van der Waals surface area contributed by atoms with Crippen molar-refractivity contribution in [3.8, 4) is 0 Å². The standard InChI is InChI=1S/C19H23F5/c1-2-3-4-5-6-13-7-9-14(10-8-13)15-11-16(20)18(17(21)12-15)19(22,23)24/h2-3,11-14H,4-10H2,1H3/b3-2+/t13-,14-. The Hall–Kier alpha value is -1.39. The summed E-state index contributed by atoms with van der Waals surface area (Å²) in [6, 6.07) is 1.73. The van der Waals surface area contributed by atoms with Crippen LogP contribution in [0.3, 0.4) is 0 Å². The van der Waals surface area contributed by atoms with Gasteiger partial charge in [-0.15, -0.1) is 0 Å². The van der Waals surface area contributed by atoms with Crippen LogP contribution in [0.25, 0.3) is 0 Å². The molecule has 0 unspecified atom stereocenters. The third-order valence-electron chi connectivity index (χ3n) is 4.88. The smallest absolute Gasteiger partial charge is 0.206 e. The van der Waals surface area contributed by atoms with Crippen molar-refractivity contribution in [1.82, 2.24) is 0 Å². The van der Waals surface area contributed by atoms with E-state index in [4.69, 9.17) is 0 Å². The van der Waals surface area contributed by atoms with E-state index < -0.39 is 23.4 Å². The minimum Gasteiger partial charge on any atom is -0.206 e. The van der Waals surface area contributed by atoms with Crippen LogP contribution < -0.4 is 0 Å². The molecule has 1 aromatic carbocycles. The Balaban J connectivity index is 1.97. The van der Waals surface area contributed by atoms with Gasteiger partial charge in [0.15, 0.2) is 0 Å². The first-order chi connectivity index (χ1) is 11.3. The molecule has 0 aromatic heterocycles. The molecular formula is C19H23F5. The van der Waals surface area contributed by atoms with Gasteiger partial charge in [0.25, 0.3) is 0 Å². The van der Waals surface area contributed by atoms with Crippen LogP contribution in [0.4, 0.5) is 22.0 Å². The third-order valence-corrected chi connectivity index (χ3v) is 4.88. The van der Waals surface area contributed by atoms with Crippen molar-refractivity contribution in [1.29, 1.82) is 0 Å². The normalized spacial score (nSPS) is 22.2. The third kappa shape index (κ3) is 4.81. The van der Waals surface area contributed by atoms with Crippen LogP contribution in [0.2, 0.25) is 0 Å². The summed E-state index contributed by atoms with van der Waals surface area (Å²) in [6.07, 6.45) is 5.97. The van der Waals surface area contributed by atoms with Gasteiger partial charge in [-0.1, -0.05) is 18.6 Å². The van der Waals surface area contributed by atoms with Gasteiger partial charge in [0.05, 0.1) is 0 Å². The summed E-state index contributed by atoms with van der Waals surface area (Å²) in [7, 11) is 0. The van der Waals surface area contributed by atoms with Crippen LogP contribution in [-0.2, 0) is 6.18 Å². The molecule has 134 valence electrons. The lowest BCUT2D eigenvalue weighted by atomic mass is 9.77. The first-order valence-corrected chi connectivity index (χ1v) is 8.50. The highest BCUT2D eigenvalue weighted by Gasteiger charge is 2.38. The molecule has 1 saturated carbocycles. The van der Waals surface area contributed by atoms with E-state index in [1.54, 1.807) is 0 Å². The Kier molecular flexibility index (Phi) is 6.41. The minimum absolute atomic E-state index is 0.0527. The lowest BCUT2D eigenvalue weighted by Gasteiger charge is -2.29. The molecule has 0 amide bonds. The first kappa shape index (κ1) is 18.9. The fourth-order valence-corrected chi connectivity index (χ4v) is 3.57. The summed E-state index contributed by atoms with van der Waals surface area (Å²) in [4.78, 5) is 0. The van der Waals surface area contributed by atoms with Gasteiger partial charge in [-0.05, 0) is 75.0 Å². The maximum atomic E-state index is 13.7. The van der Waals surface area contributed by atoms with Gasteiger partial charge < -0.3 is 0 Å². The number of hydrogen-bond donors (Lipinski definition) is 0. The topological polar surface area (TPSA) is 0 Å². The monoisotopic (exact) mass is 346 g/mol. The average molecular weight is 346 g/mol. The Morgan fingerprint density at radius 1 is 1.04 bits per heavy atom. The van der Waals surface area contributed by atoms with Gasteiger partial charge in [-0.25, -0.2) is 8.78 Å². The van der Waals surface area contributed by atoms with E-state index in [0.29, 0.717) is 11.5 Å². The zero-order chi connectivity index (χ0) is 17.7. The maximum absolute atomic E-state index is 13.7. The largest absolute Gasteiger partial charge is 0.422 e. The quantitative estimate of drug-likeness (QED) is 0.306.